The number of fused-ring (bicyclic) bond motifs is 2. The summed E-state index contributed by atoms with van der Waals surface area (Å²) in [5, 5.41) is 9.19. The largest absolute Gasteiger partial charge is 0.392 e. The van der Waals surface area contributed by atoms with E-state index in [0.717, 1.165) is 22.3 Å². The van der Waals surface area contributed by atoms with Gasteiger partial charge in [-0.15, -0.1) is 0 Å². The van der Waals surface area contributed by atoms with Crippen molar-refractivity contribution in [2.24, 2.45) is 0 Å². The van der Waals surface area contributed by atoms with Gasteiger partial charge in [0.15, 0.2) is 9.84 Å². The van der Waals surface area contributed by atoms with E-state index in [1.165, 1.54) is 0 Å². The Labute approximate surface area is 142 Å². The molecule has 0 amide bonds. The summed E-state index contributed by atoms with van der Waals surface area (Å²) in [6.07, 6.45) is 7.71. The van der Waals surface area contributed by atoms with Gasteiger partial charge in [0.05, 0.1) is 17.3 Å². The topological polar surface area (TPSA) is 54.4 Å². The number of rotatable bonds is 4. The Morgan fingerprint density at radius 3 is 2.46 bits per heavy atom. The maximum atomic E-state index is 12.3. The van der Waals surface area contributed by atoms with Crippen LogP contribution in [-0.4, -0.2) is 25.9 Å². The smallest absolute Gasteiger partial charge is 0.178 e. The van der Waals surface area contributed by atoms with Crippen molar-refractivity contribution in [1.29, 1.82) is 0 Å². The first-order chi connectivity index (χ1) is 11.6. The molecule has 0 spiro atoms. The highest BCUT2D eigenvalue weighted by Gasteiger charge is 2.21. The summed E-state index contributed by atoms with van der Waals surface area (Å²) in [6, 6.07) is 13.4. The van der Waals surface area contributed by atoms with Crippen LogP contribution in [-0.2, 0) is 9.84 Å². The van der Waals surface area contributed by atoms with Gasteiger partial charge >= 0.3 is 0 Å². The fourth-order valence-electron chi connectivity index (χ4n) is 3.03. The molecule has 1 N–H and O–H groups in total. The molecule has 0 aromatic heterocycles. The maximum Gasteiger partial charge on any atom is 0.178 e. The second-order valence-corrected chi connectivity index (χ2v) is 8.02. The molecule has 0 saturated heterocycles. The fraction of sp³-hybridized carbons (Fsp3) is 0.200. The number of allylic oxidation sites excluding steroid dienone is 1. The summed E-state index contributed by atoms with van der Waals surface area (Å²) in [6.45, 7) is 1.60. The molecule has 1 aliphatic carbocycles. The highest BCUT2D eigenvalue weighted by Crippen LogP contribution is 2.36. The van der Waals surface area contributed by atoms with Crippen molar-refractivity contribution in [3.05, 3.63) is 76.9 Å². The molecular formula is C20H20O3S. The van der Waals surface area contributed by atoms with Crippen molar-refractivity contribution in [1.82, 2.24) is 0 Å². The van der Waals surface area contributed by atoms with Crippen LogP contribution in [0.1, 0.15) is 35.1 Å². The molecule has 0 radical (unpaired) electrons. The lowest BCUT2D eigenvalue weighted by molar-refractivity contribution is 0.342. The van der Waals surface area contributed by atoms with Crippen LogP contribution in [0.4, 0.5) is 0 Å². The summed E-state index contributed by atoms with van der Waals surface area (Å²) in [5.74, 6) is -0.0135. The molecule has 2 aromatic carbocycles. The monoisotopic (exact) mass is 340 g/mol. The van der Waals surface area contributed by atoms with E-state index in [9.17, 15) is 13.5 Å². The zero-order valence-corrected chi connectivity index (χ0v) is 14.3. The Kier molecular flexibility index (Phi) is 4.69. The highest BCUT2D eigenvalue weighted by atomic mass is 32.2. The predicted molar refractivity (Wildman–Crippen MR) is 97.6 cm³/mol. The fourth-order valence-corrected chi connectivity index (χ4v) is 3.95. The molecule has 0 bridgehead atoms. The molecule has 1 aliphatic rings. The zero-order valence-electron chi connectivity index (χ0n) is 13.5. The third kappa shape index (κ3) is 3.07. The van der Waals surface area contributed by atoms with Gasteiger partial charge in [-0.05, 0) is 34.4 Å². The second kappa shape index (κ2) is 6.75. The van der Waals surface area contributed by atoms with Crippen LogP contribution in [0, 0.1) is 0 Å². The molecular weight excluding hydrogens is 320 g/mol. The van der Waals surface area contributed by atoms with Crippen molar-refractivity contribution in [3.63, 3.8) is 0 Å². The minimum absolute atomic E-state index is 0.0472. The Morgan fingerprint density at radius 1 is 1.04 bits per heavy atom. The molecule has 1 atom stereocenters. The van der Waals surface area contributed by atoms with E-state index in [2.05, 4.69) is 6.08 Å². The molecule has 0 heterocycles. The lowest BCUT2D eigenvalue weighted by Crippen LogP contribution is -2.07. The van der Waals surface area contributed by atoms with E-state index < -0.39 is 9.84 Å². The van der Waals surface area contributed by atoms with Crippen molar-refractivity contribution in [2.45, 2.75) is 17.7 Å². The quantitative estimate of drug-likeness (QED) is 0.865. The Bertz CT molecular complexity index is 908. The zero-order chi connectivity index (χ0) is 17.2. The van der Waals surface area contributed by atoms with Gasteiger partial charge in [0.1, 0.15) is 0 Å². The molecule has 24 heavy (non-hydrogen) atoms. The van der Waals surface area contributed by atoms with Crippen molar-refractivity contribution in [2.75, 3.05) is 12.4 Å². The van der Waals surface area contributed by atoms with E-state index in [1.54, 1.807) is 25.1 Å². The average Bonchev–Trinajstić information content (AvgIpc) is 2.76. The van der Waals surface area contributed by atoms with E-state index in [4.69, 9.17) is 0 Å². The minimum atomic E-state index is -3.26. The van der Waals surface area contributed by atoms with Crippen molar-refractivity contribution < 1.29 is 13.5 Å². The SMILES string of the molecule is CCS(=O)(=O)c1ccc2c(c1)C(C=CCO)c1ccccc1C=C2. The maximum absolute atomic E-state index is 12.3. The molecule has 124 valence electrons. The van der Waals surface area contributed by atoms with Gasteiger partial charge in [-0.1, -0.05) is 61.6 Å². The van der Waals surface area contributed by atoms with Crippen LogP contribution in [0.2, 0.25) is 0 Å². The molecule has 4 heteroatoms. The number of hydrogen-bond donors (Lipinski definition) is 1. The first-order valence-corrected chi connectivity index (χ1v) is 9.63. The average molecular weight is 340 g/mol. The Morgan fingerprint density at radius 2 is 1.75 bits per heavy atom. The first-order valence-electron chi connectivity index (χ1n) is 7.98. The third-order valence-electron chi connectivity index (χ3n) is 4.34. The summed E-state index contributed by atoms with van der Waals surface area (Å²) in [4.78, 5) is 0.346. The summed E-state index contributed by atoms with van der Waals surface area (Å²) >= 11 is 0. The minimum Gasteiger partial charge on any atom is -0.392 e. The lowest BCUT2D eigenvalue weighted by atomic mass is 9.87. The van der Waals surface area contributed by atoms with Crippen LogP contribution in [0.3, 0.4) is 0 Å². The number of aliphatic hydroxyl groups excluding tert-OH is 1. The molecule has 3 nitrogen and oxygen atoms in total. The molecule has 0 aliphatic heterocycles. The van der Waals surface area contributed by atoms with Gasteiger partial charge in [0.2, 0.25) is 0 Å². The predicted octanol–water partition coefficient (Wildman–Crippen LogP) is 3.64. The molecule has 2 aromatic rings. The third-order valence-corrected chi connectivity index (χ3v) is 6.07. The van der Waals surface area contributed by atoms with E-state index in [1.807, 2.05) is 42.5 Å². The summed E-state index contributed by atoms with van der Waals surface area (Å²) in [7, 11) is -3.26. The van der Waals surface area contributed by atoms with Gasteiger partial charge in [-0.25, -0.2) is 8.42 Å². The van der Waals surface area contributed by atoms with Gasteiger partial charge in [0, 0.05) is 5.92 Å². The van der Waals surface area contributed by atoms with Crippen LogP contribution >= 0.6 is 0 Å². The van der Waals surface area contributed by atoms with Crippen molar-refractivity contribution in [3.8, 4) is 0 Å². The van der Waals surface area contributed by atoms with Crippen LogP contribution < -0.4 is 0 Å². The normalized spacial score (nSPS) is 16.7. The van der Waals surface area contributed by atoms with Crippen LogP contribution in [0.5, 0.6) is 0 Å². The van der Waals surface area contributed by atoms with Crippen molar-refractivity contribution >= 4 is 22.0 Å². The number of sulfone groups is 1. The van der Waals surface area contributed by atoms with E-state index >= 15 is 0 Å². The second-order valence-electron chi connectivity index (χ2n) is 5.74. The molecule has 1 unspecified atom stereocenters. The number of aliphatic hydroxyl groups is 1. The van der Waals surface area contributed by atoms with Gasteiger partial charge < -0.3 is 5.11 Å². The van der Waals surface area contributed by atoms with E-state index in [0.29, 0.717) is 4.90 Å². The van der Waals surface area contributed by atoms with Gasteiger partial charge in [0.25, 0.3) is 0 Å². The van der Waals surface area contributed by atoms with Gasteiger partial charge in [-0.3, -0.25) is 0 Å². The highest BCUT2D eigenvalue weighted by molar-refractivity contribution is 7.91. The molecule has 0 saturated carbocycles. The van der Waals surface area contributed by atoms with Crippen LogP contribution in [0.25, 0.3) is 12.2 Å². The summed E-state index contributed by atoms with van der Waals surface area (Å²) < 4.78 is 24.5. The number of hydrogen-bond acceptors (Lipinski definition) is 3. The standard InChI is InChI=1S/C20H20O3S/c1-2-24(22,23)17-12-11-16-10-9-15-6-3-4-7-18(15)19(8-5-13-21)20(16)14-17/h3-12,14,19,21H,2,13H2,1H3. The molecule has 3 rings (SSSR count). The number of benzene rings is 2. The Balaban J connectivity index is 2.24. The van der Waals surface area contributed by atoms with Crippen LogP contribution in [0.15, 0.2) is 59.5 Å². The molecule has 0 fully saturated rings. The first kappa shape index (κ1) is 16.7. The van der Waals surface area contributed by atoms with Gasteiger partial charge in [-0.2, -0.15) is 0 Å². The Hall–Kier alpha value is -2.17. The summed E-state index contributed by atoms with van der Waals surface area (Å²) in [5.41, 5.74) is 4.13. The van der Waals surface area contributed by atoms with E-state index in [-0.39, 0.29) is 18.3 Å². The lowest BCUT2D eigenvalue weighted by Gasteiger charge is -2.18.